The molecule has 2 aromatic rings. The summed E-state index contributed by atoms with van der Waals surface area (Å²) in [6.45, 7) is 0. The van der Waals surface area contributed by atoms with Crippen molar-refractivity contribution < 1.29 is 9.90 Å². The van der Waals surface area contributed by atoms with Gasteiger partial charge in [-0.2, -0.15) is 0 Å². The Morgan fingerprint density at radius 3 is 3.22 bits per heavy atom. The predicted octanol–water partition coefficient (Wildman–Crippen LogP) is 2.03. The molecule has 0 spiro atoms. The Hall–Kier alpha value is -2.04. The summed E-state index contributed by atoms with van der Waals surface area (Å²) < 4.78 is 0. The van der Waals surface area contributed by atoms with Crippen LogP contribution in [0, 0.1) is 0 Å². The Bertz CT molecular complexity index is 605. The first-order chi connectivity index (χ1) is 8.66. The van der Waals surface area contributed by atoms with Crippen molar-refractivity contribution in [2.24, 2.45) is 0 Å². The van der Waals surface area contributed by atoms with E-state index in [0.29, 0.717) is 0 Å². The molecular weight excluding hydrogens is 230 g/mol. The number of amides is 1. The fraction of sp³-hybridized carbons (Fsp3) is 0.385. The zero-order valence-corrected chi connectivity index (χ0v) is 10.2. The first-order valence-corrected chi connectivity index (χ1v) is 6.07. The average molecular weight is 245 g/mol. The van der Waals surface area contributed by atoms with Crippen LogP contribution in [0.3, 0.4) is 0 Å². The number of hydrogen-bond donors (Lipinski definition) is 2. The number of H-pyrrole nitrogens is 1. The van der Waals surface area contributed by atoms with Gasteiger partial charge in [-0.3, -0.25) is 4.98 Å². The van der Waals surface area contributed by atoms with Crippen LogP contribution in [-0.2, 0) is 12.8 Å². The molecule has 1 aliphatic rings. The number of aryl methyl sites for hydroxylation is 1. The number of carbonyl (C=O) groups is 1. The van der Waals surface area contributed by atoms with Gasteiger partial charge in [0.1, 0.15) is 0 Å². The van der Waals surface area contributed by atoms with E-state index in [-0.39, 0.29) is 6.04 Å². The molecule has 2 N–H and O–H groups in total. The van der Waals surface area contributed by atoms with Crippen molar-refractivity contribution in [2.75, 3.05) is 7.05 Å². The molecule has 1 amide bonds. The van der Waals surface area contributed by atoms with Gasteiger partial charge in [0.15, 0.2) is 0 Å². The second kappa shape index (κ2) is 4.01. The highest BCUT2D eigenvalue weighted by molar-refractivity contribution is 5.80. The highest BCUT2D eigenvalue weighted by atomic mass is 16.4. The number of likely N-dealkylation sites (N-methyl/N-ethyl adjacent to an activating group) is 1. The Balaban J connectivity index is 1.98. The highest BCUT2D eigenvalue weighted by Crippen LogP contribution is 2.29. The minimum Gasteiger partial charge on any atom is -0.465 e. The van der Waals surface area contributed by atoms with E-state index in [1.807, 2.05) is 12.1 Å². The van der Waals surface area contributed by atoms with Crippen LogP contribution in [0.1, 0.15) is 17.7 Å². The van der Waals surface area contributed by atoms with Crippen LogP contribution in [0.25, 0.3) is 11.0 Å². The van der Waals surface area contributed by atoms with Crippen molar-refractivity contribution in [3.63, 3.8) is 0 Å². The van der Waals surface area contributed by atoms with E-state index in [1.54, 1.807) is 13.2 Å². The van der Waals surface area contributed by atoms with E-state index in [0.717, 1.165) is 30.3 Å². The summed E-state index contributed by atoms with van der Waals surface area (Å²) >= 11 is 0. The van der Waals surface area contributed by atoms with Crippen molar-refractivity contribution in [1.29, 1.82) is 0 Å². The number of nitrogens with zero attached hydrogens (tertiary/aromatic N) is 2. The van der Waals surface area contributed by atoms with Gasteiger partial charge >= 0.3 is 6.09 Å². The molecule has 5 nitrogen and oxygen atoms in total. The van der Waals surface area contributed by atoms with Crippen LogP contribution in [0.2, 0.25) is 0 Å². The van der Waals surface area contributed by atoms with Crippen LogP contribution in [0.5, 0.6) is 0 Å². The number of fused-ring (bicyclic) bond motifs is 3. The normalized spacial score (nSPS) is 18.6. The van der Waals surface area contributed by atoms with Gasteiger partial charge < -0.3 is 15.0 Å². The Morgan fingerprint density at radius 2 is 2.44 bits per heavy atom. The van der Waals surface area contributed by atoms with Crippen LogP contribution in [0.4, 0.5) is 4.79 Å². The van der Waals surface area contributed by atoms with Crippen molar-refractivity contribution in [3.8, 4) is 0 Å². The topological polar surface area (TPSA) is 69.2 Å². The van der Waals surface area contributed by atoms with E-state index >= 15 is 0 Å². The molecule has 1 unspecified atom stereocenters. The molecule has 0 saturated heterocycles. The number of rotatable bonds is 1. The second-order valence-electron chi connectivity index (χ2n) is 4.77. The molecule has 94 valence electrons. The van der Waals surface area contributed by atoms with Gasteiger partial charge in [-0.15, -0.1) is 0 Å². The van der Waals surface area contributed by atoms with Crippen molar-refractivity contribution >= 4 is 17.1 Å². The number of hydrogen-bond acceptors (Lipinski definition) is 2. The maximum absolute atomic E-state index is 11.0. The Morgan fingerprint density at radius 1 is 1.61 bits per heavy atom. The molecule has 0 saturated carbocycles. The smallest absolute Gasteiger partial charge is 0.407 e. The summed E-state index contributed by atoms with van der Waals surface area (Å²) in [6.07, 6.45) is 3.41. The molecule has 2 heterocycles. The first-order valence-electron chi connectivity index (χ1n) is 6.07. The van der Waals surface area contributed by atoms with Crippen molar-refractivity contribution in [2.45, 2.75) is 25.3 Å². The maximum atomic E-state index is 11.0. The maximum Gasteiger partial charge on any atom is 0.407 e. The zero-order valence-electron chi connectivity index (χ0n) is 10.2. The number of nitrogens with one attached hydrogen (secondary N) is 1. The monoisotopic (exact) mass is 245 g/mol. The van der Waals surface area contributed by atoms with Crippen LogP contribution < -0.4 is 0 Å². The summed E-state index contributed by atoms with van der Waals surface area (Å²) in [7, 11) is 1.64. The van der Waals surface area contributed by atoms with Gasteiger partial charge in [0.25, 0.3) is 0 Å². The summed E-state index contributed by atoms with van der Waals surface area (Å²) in [5.74, 6) is 0. The van der Waals surface area contributed by atoms with Gasteiger partial charge in [0.2, 0.25) is 0 Å². The SMILES string of the molecule is CN(C(=O)O)C1CCc2[nH]c3cccnc3c2C1. The highest BCUT2D eigenvalue weighted by Gasteiger charge is 2.27. The summed E-state index contributed by atoms with van der Waals surface area (Å²) in [4.78, 5) is 20.2. The number of aromatic amines is 1. The Kier molecular flexibility index (Phi) is 2.47. The third kappa shape index (κ3) is 1.63. The summed E-state index contributed by atoms with van der Waals surface area (Å²) in [6, 6.07) is 3.97. The lowest BCUT2D eigenvalue weighted by atomic mass is 9.92. The van der Waals surface area contributed by atoms with Gasteiger partial charge in [0, 0.05) is 30.5 Å². The predicted molar refractivity (Wildman–Crippen MR) is 67.7 cm³/mol. The molecule has 0 aromatic carbocycles. The fourth-order valence-electron chi connectivity index (χ4n) is 2.70. The lowest BCUT2D eigenvalue weighted by Crippen LogP contribution is -2.39. The molecule has 18 heavy (non-hydrogen) atoms. The van der Waals surface area contributed by atoms with E-state index in [2.05, 4.69) is 9.97 Å². The van der Waals surface area contributed by atoms with Gasteiger partial charge in [-0.05, 0) is 31.4 Å². The van der Waals surface area contributed by atoms with Gasteiger partial charge in [-0.25, -0.2) is 4.79 Å². The van der Waals surface area contributed by atoms with Gasteiger partial charge in [0.05, 0.1) is 11.0 Å². The molecule has 0 fully saturated rings. The number of carboxylic acid groups (broad SMARTS) is 1. The molecule has 3 rings (SSSR count). The van der Waals surface area contributed by atoms with E-state index in [9.17, 15) is 4.79 Å². The van der Waals surface area contributed by atoms with E-state index < -0.39 is 6.09 Å². The van der Waals surface area contributed by atoms with Crippen LogP contribution in [-0.4, -0.2) is 39.2 Å². The third-order valence-corrected chi connectivity index (χ3v) is 3.76. The molecular formula is C13H15N3O2. The molecule has 5 heteroatoms. The number of aromatic nitrogens is 2. The quantitative estimate of drug-likeness (QED) is 0.807. The lowest BCUT2D eigenvalue weighted by molar-refractivity contribution is 0.134. The third-order valence-electron chi connectivity index (χ3n) is 3.76. The van der Waals surface area contributed by atoms with Crippen molar-refractivity contribution in [1.82, 2.24) is 14.9 Å². The minimum atomic E-state index is -0.865. The van der Waals surface area contributed by atoms with Crippen LogP contribution in [0.15, 0.2) is 18.3 Å². The van der Waals surface area contributed by atoms with Gasteiger partial charge in [-0.1, -0.05) is 0 Å². The average Bonchev–Trinajstić information content (AvgIpc) is 2.75. The van der Waals surface area contributed by atoms with E-state index in [4.69, 9.17) is 5.11 Å². The standard InChI is InChI=1S/C13H15N3O2/c1-16(13(17)18)8-4-5-10-9(7-8)12-11(15-10)3-2-6-14-12/h2-3,6,8,15H,4-5,7H2,1H3,(H,17,18). The second-order valence-corrected chi connectivity index (χ2v) is 4.77. The summed E-state index contributed by atoms with van der Waals surface area (Å²) in [5.41, 5.74) is 4.41. The Labute approximate surface area is 104 Å². The molecule has 0 radical (unpaired) electrons. The zero-order chi connectivity index (χ0) is 12.7. The largest absolute Gasteiger partial charge is 0.465 e. The lowest BCUT2D eigenvalue weighted by Gasteiger charge is -2.29. The first kappa shape index (κ1) is 11.1. The molecule has 1 aliphatic carbocycles. The van der Waals surface area contributed by atoms with Crippen molar-refractivity contribution in [3.05, 3.63) is 29.6 Å². The molecule has 0 aliphatic heterocycles. The minimum absolute atomic E-state index is 0.0519. The molecule has 2 aromatic heterocycles. The van der Waals surface area contributed by atoms with E-state index in [1.165, 1.54) is 16.2 Å². The molecule has 0 bridgehead atoms. The van der Waals surface area contributed by atoms with Crippen LogP contribution >= 0.6 is 0 Å². The fourth-order valence-corrected chi connectivity index (χ4v) is 2.70. The number of pyridine rings is 1. The summed E-state index contributed by atoms with van der Waals surface area (Å²) in [5, 5.41) is 9.05. The molecule has 1 atom stereocenters.